The first-order chi connectivity index (χ1) is 8.01. The Morgan fingerprint density at radius 1 is 1.24 bits per heavy atom. The molecule has 1 aromatic carbocycles. The Labute approximate surface area is 104 Å². The van der Waals surface area contributed by atoms with Crippen molar-refractivity contribution in [1.29, 1.82) is 0 Å². The molecule has 0 bridgehead atoms. The van der Waals surface area contributed by atoms with Crippen molar-refractivity contribution in [1.82, 2.24) is 0 Å². The molecule has 0 aliphatic heterocycles. The van der Waals surface area contributed by atoms with Crippen LogP contribution in [0.15, 0.2) is 12.1 Å². The van der Waals surface area contributed by atoms with Crippen molar-refractivity contribution in [2.75, 3.05) is 32.9 Å². The van der Waals surface area contributed by atoms with Gasteiger partial charge in [-0.15, -0.1) is 0 Å². The minimum Gasteiger partial charge on any atom is -0.496 e. The molecule has 0 amide bonds. The number of ether oxygens (including phenoxy) is 2. The molecular weight excluding hydrogens is 214 g/mol. The first-order valence-electron chi connectivity index (χ1n) is 5.89. The van der Waals surface area contributed by atoms with Crippen LogP contribution >= 0.6 is 0 Å². The van der Waals surface area contributed by atoms with Crippen molar-refractivity contribution in [3.8, 4) is 5.75 Å². The van der Waals surface area contributed by atoms with Gasteiger partial charge in [0.15, 0.2) is 0 Å². The molecule has 0 aromatic heterocycles. The number of rotatable bonds is 5. The molecule has 0 heterocycles. The Kier molecular flexibility index (Phi) is 4.82. The average Bonchev–Trinajstić information content (AvgIpc) is 2.28. The van der Waals surface area contributed by atoms with Gasteiger partial charge >= 0.3 is 0 Å². The van der Waals surface area contributed by atoms with Gasteiger partial charge in [0.05, 0.1) is 7.11 Å². The number of methoxy groups -OCH3 is 2. The van der Waals surface area contributed by atoms with Crippen LogP contribution in [-0.4, -0.2) is 28.0 Å². The van der Waals surface area contributed by atoms with Crippen molar-refractivity contribution >= 4 is 5.69 Å². The van der Waals surface area contributed by atoms with E-state index in [9.17, 15) is 0 Å². The second kappa shape index (κ2) is 5.92. The molecule has 0 atom stereocenters. The molecule has 3 heteroatoms. The minimum absolute atomic E-state index is 0.445. The predicted molar refractivity (Wildman–Crippen MR) is 72.1 cm³/mol. The molecule has 0 unspecified atom stereocenters. The summed E-state index contributed by atoms with van der Waals surface area (Å²) in [4.78, 5) is 2.10. The van der Waals surface area contributed by atoms with Crippen LogP contribution in [0.5, 0.6) is 5.75 Å². The summed E-state index contributed by atoms with van der Waals surface area (Å²) in [5, 5.41) is 0. The number of hydrogen-bond donors (Lipinski definition) is 0. The van der Waals surface area contributed by atoms with Crippen LogP contribution in [0.25, 0.3) is 0 Å². The molecule has 3 nitrogen and oxygen atoms in total. The Morgan fingerprint density at radius 2 is 1.88 bits per heavy atom. The molecule has 0 N–H and O–H groups in total. The number of anilines is 1. The van der Waals surface area contributed by atoms with E-state index in [2.05, 4.69) is 37.8 Å². The maximum Gasteiger partial charge on any atom is 0.122 e. The fourth-order valence-electron chi connectivity index (χ4n) is 1.99. The summed E-state index contributed by atoms with van der Waals surface area (Å²) in [6.07, 6.45) is 0. The monoisotopic (exact) mass is 237 g/mol. The van der Waals surface area contributed by atoms with E-state index in [1.807, 2.05) is 7.05 Å². The summed E-state index contributed by atoms with van der Waals surface area (Å²) in [7, 11) is 5.46. The van der Waals surface area contributed by atoms with Crippen molar-refractivity contribution in [3.63, 3.8) is 0 Å². The minimum atomic E-state index is 0.445. The SMILES string of the molecule is COCN(C)c1cc(C(C)C)c(OC)cc1C. The molecule has 0 spiro atoms. The summed E-state index contributed by atoms with van der Waals surface area (Å²) < 4.78 is 10.6. The van der Waals surface area contributed by atoms with Crippen LogP contribution in [0.1, 0.15) is 30.9 Å². The summed E-state index contributed by atoms with van der Waals surface area (Å²) in [6, 6.07) is 4.29. The van der Waals surface area contributed by atoms with Crippen LogP contribution in [0.4, 0.5) is 5.69 Å². The maximum atomic E-state index is 5.43. The van der Waals surface area contributed by atoms with Gasteiger partial charge in [-0.25, -0.2) is 0 Å². The smallest absolute Gasteiger partial charge is 0.122 e. The van der Waals surface area contributed by atoms with Gasteiger partial charge in [0.2, 0.25) is 0 Å². The van der Waals surface area contributed by atoms with E-state index in [4.69, 9.17) is 9.47 Å². The zero-order chi connectivity index (χ0) is 13.0. The zero-order valence-corrected chi connectivity index (χ0v) is 11.7. The number of nitrogens with zero attached hydrogens (tertiary/aromatic N) is 1. The van der Waals surface area contributed by atoms with Crippen molar-refractivity contribution in [2.45, 2.75) is 26.7 Å². The van der Waals surface area contributed by atoms with E-state index in [0.717, 1.165) is 5.75 Å². The van der Waals surface area contributed by atoms with Gasteiger partial charge < -0.3 is 14.4 Å². The summed E-state index contributed by atoms with van der Waals surface area (Å²) in [6.45, 7) is 7.03. The first-order valence-corrected chi connectivity index (χ1v) is 5.89. The van der Waals surface area contributed by atoms with Crippen LogP contribution < -0.4 is 9.64 Å². The zero-order valence-electron chi connectivity index (χ0n) is 11.7. The lowest BCUT2D eigenvalue weighted by Crippen LogP contribution is -2.21. The molecule has 17 heavy (non-hydrogen) atoms. The fourth-order valence-corrected chi connectivity index (χ4v) is 1.99. The van der Waals surface area contributed by atoms with Gasteiger partial charge in [0, 0.05) is 19.8 Å². The molecular formula is C14H23NO2. The van der Waals surface area contributed by atoms with Crippen LogP contribution in [-0.2, 0) is 4.74 Å². The molecule has 0 radical (unpaired) electrons. The van der Waals surface area contributed by atoms with Crippen LogP contribution in [0.3, 0.4) is 0 Å². The Hall–Kier alpha value is -1.22. The maximum absolute atomic E-state index is 5.43. The van der Waals surface area contributed by atoms with Gasteiger partial charge in [-0.1, -0.05) is 13.8 Å². The second-order valence-corrected chi connectivity index (χ2v) is 4.65. The fraction of sp³-hybridized carbons (Fsp3) is 0.571. The van der Waals surface area contributed by atoms with Gasteiger partial charge in [0.25, 0.3) is 0 Å². The van der Waals surface area contributed by atoms with Crippen LogP contribution in [0.2, 0.25) is 0 Å². The van der Waals surface area contributed by atoms with Gasteiger partial charge in [-0.3, -0.25) is 0 Å². The highest BCUT2D eigenvalue weighted by molar-refractivity contribution is 5.59. The third kappa shape index (κ3) is 3.13. The molecule has 96 valence electrons. The van der Waals surface area contributed by atoms with Crippen molar-refractivity contribution < 1.29 is 9.47 Å². The van der Waals surface area contributed by atoms with Gasteiger partial charge in [-0.05, 0) is 36.1 Å². The molecule has 0 aliphatic rings. The van der Waals surface area contributed by atoms with E-state index in [-0.39, 0.29) is 0 Å². The Morgan fingerprint density at radius 3 is 2.35 bits per heavy atom. The molecule has 0 saturated carbocycles. The third-order valence-electron chi connectivity index (χ3n) is 2.90. The van der Waals surface area contributed by atoms with Gasteiger partial charge in [0.1, 0.15) is 12.5 Å². The van der Waals surface area contributed by atoms with E-state index in [0.29, 0.717) is 12.6 Å². The highest BCUT2D eigenvalue weighted by atomic mass is 16.5. The lowest BCUT2D eigenvalue weighted by molar-refractivity contribution is 0.202. The summed E-state index contributed by atoms with van der Waals surface area (Å²) in [5.74, 6) is 1.41. The molecule has 1 aromatic rings. The predicted octanol–water partition coefficient (Wildman–Crippen LogP) is 3.17. The van der Waals surface area contributed by atoms with Crippen molar-refractivity contribution in [2.24, 2.45) is 0 Å². The normalized spacial score (nSPS) is 10.8. The molecule has 0 fully saturated rings. The second-order valence-electron chi connectivity index (χ2n) is 4.65. The molecule has 0 aliphatic carbocycles. The standard InChI is InChI=1S/C14H23NO2/c1-10(2)12-8-13(15(4)9-16-5)11(3)7-14(12)17-6/h7-8,10H,9H2,1-6H3. The molecule has 0 saturated heterocycles. The summed E-state index contributed by atoms with van der Waals surface area (Å²) in [5.41, 5.74) is 3.62. The lowest BCUT2D eigenvalue weighted by Gasteiger charge is -2.23. The highest BCUT2D eigenvalue weighted by Crippen LogP contribution is 2.33. The largest absolute Gasteiger partial charge is 0.496 e. The Balaban J connectivity index is 3.19. The van der Waals surface area contributed by atoms with E-state index in [1.54, 1.807) is 14.2 Å². The van der Waals surface area contributed by atoms with Gasteiger partial charge in [-0.2, -0.15) is 0 Å². The number of hydrogen-bond acceptors (Lipinski definition) is 3. The highest BCUT2D eigenvalue weighted by Gasteiger charge is 2.13. The summed E-state index contributed by atoms with van der Waals surface area (Å²) >= 11 is 0. The van der Waals surface area contributed by atoms with Crippen LogP contribution in [0, 0.1) is 6.92 Å². The van der Waals surface area contributed by atoms with E-state index < -0.39 is 0 Å². The molecule has 1 rings (SSSR count). The first kappa shape index (κ1) is 13.8. The average molecular weight is 237 g/mol. The lowest BCUT2D eigenvalue weighted by atomic mass is 9.99. The third-order valence-corrected chi connectivity index (χ3v) is 2.90. The number of aryl methyl sites for hydroxylation is 1. The number of benzene rings is 1. The van der Waals surface area contributed by atoms with E-state index in [1.165, 1.54) is 16.8 Å². The Bertz CT molecular complexity index is 375. The topological polar surface area (TPSA) is 21.7 Å². The van der Waals surface area contributed by atoms with E-state index >= 15 is 0 Å². The quantitative estimate of drug-likeness (QED) is 0.734. The van der Waals surface area contributed by atoms with Crippen molar-refractivity contribution in [3.05, 3.63) is 23.3 Å².